The van der Waals surface area contributed by atoms with E-state index in [1.807, 2.05) is 6.07 Å². The molecule has 0 aliphatic rings. The van der Waals surface area contributed by atoms with E-state index in [9.17, 15) is 9.59 Å². The Morgan fingerprint density at radius 2 is 1.85 bits per heavy atom. The number of benzene rings is 1. The van der Waals surface area contributed by atoms with E-state index < -0.39 is 5.97 Å². The summed E-state index contributed by atoms with van der Waals surface area (Å²) in [5, 5.41) is 20.7. The normalized spacial score (nSPS) is 10.7. The topological polar surface area (TPSA) is 102 Å². The Kier molecular flexibility index (Phi) is 5.78. The predicted molar refractivity (Wildman–Crippen MR) is 100 cm³/mol. The van der Waals surface area contributed by atoms with Crippen molar-refractivity contribution in [3.63, 3.8) is 0 Å². The first-order chi connectivity index (χ1) is 12.9. The number of carboxylic acids is 1. The van der Waals surface area contributed by atoms with Gasteiger partial charge in [0, 0.05) is 25.4 Å². The van der Waals surface area contributed by atoms with Crippen LogP contribution in [0, 0.1) is 0 Å². The quantitative estimate of drug-likeness (QED) is 0.625. The van der Waals surface area contributed by atoms with Crippen LogP contribution < -0.4 is 5.32 Å². The first kappa shape index (κ1) is 18.9. The number of hydrogen-bond acceptors (Lipinski definition) is 4. The first-order valence-electron chi connectivity index (χ1n) is 7.92. The Hall–Kier alpha value is -2.84. The minimum absolute atomic E-state index is 0.0824. The highest BCUT2D eigenvalue weighted by atomic mass is 35.5. The molecule has 1 amide bonds. The van der Waals surface area contributed by atoms with Gasteiger partial charge in [0.2, 0.25) is 5.91 Å². The van der Waals surface area contributed by atoms with Crippen molar-refractivity contribution in [2.24, 2.45) is 0 Å². The molecule has 0 saturated carbocycles. The Bertz CT molecular complexity index is 983. The molecule has 0 radical (unpaired) electrons. The van der Waals surface area contributed by atoms with Crippen molar-refractivity contribution >= 4 is 40.8 Å². The fraction of sp³-hybridized carbons (Fsp3) is 0.176. The lowest BCUT2D eigenvalue weighted by atomic mass is 10.2. The number of carboxylic acid groups (broad SMARTS) is 1. The van der Waals surface area contributed by atoms with Gasteiger partial charge in [-0.2, -0.15) is 10.2 Å². The number of carbonyl (C=O) groups excluding carboxylic acids is 1. The number of aromatic nitrogens is 4. The van der Waals surface area contributed by atoms with Gasteiger partial charge < -0.3 is 10.4 Å². The van der Waals surface area contributed by atoms with Crippen molar-refractivity contribution in [3.05, 3.63) is 64.2 Å². The molecular weight excluding hydrogens is 393 g/mol. The van der Waals surface area contributed by atoms with Crippen LogP contribution in [0.2, 0.25) is 10.0 Å². The van der Waals surface area contributed by atoms with Crippen LogP contribution in [-0.2, 0) is 17.9 Å². The number of aryl methyl sites for hydroxylation is 1. The van der Waals surface area contributed by atoms with E-state index in [1.165, 1.54) is 17.1 Å². The molecule has 3 rings (SSSR count). The molecule has 0 unspecified atom stereocenters. The lowest BCUT2D eigenvalue weighted by molar-refractivity contribution is -0.116. The van der Waals surface area contributed by atoms with Gasteiger partial charge in [0.25, 0.3) is 0 Å². The molecule has 140 valence electrons. The molecule has 2 N–H and O–H groups in total. The molecule has 2 aromatic heterocycles. The van der Waals surface area contributed by atoms with Crippen molar-refractivity contribution in [1.82, 2.24) is 19.6 Å². The maximum absolute atomic E-state index is 12.0. The third-order valence-corrected chi connectivity index (χ3v) is 4.43. The zero-order valence-corrected chi connectivity index (χ0v) is 15.5. The van der Waals surface area contributed by atoms with E-state index in [0.29, 0.717) is 22.3 Å². The fourth-order valence-electron chi connectivity index (χ4n) is 2.38. The van der Waals surface area contributed by atoms with Crippen molar-refractivity contribution in [2.45, 2.75) is 19.5 Å². The number of rotatable bonds is 7. The average Bonchev–Trinajstić information content (AvgIpc) is 3.26. The average molecular weight is 408 g/mol. The van der Waals surface area contributed by atoms with Crippen LogP contribution in [0.5, 0.6) is 0 Å². The Morgan fingerprint density at radius 1 is 1.07 bits per heavy atom. The highest BCUT2D eigenvalue weighted by Gasteiger charge is 2.09. The van der Waals surface area contributed by atoms with Gasteiger partial charge in [-0.25, -0.2) is 4.79 Å². The lowest BCUT2D eigenvalue weighted by Gasteiger charge is -2.04. The van der Waals surface area contributed by atoms with Gasteiger partial charge in [-0.1, -0.05) is 29.3 Å². The van der Waals surface area contributed by atoms with Crippen LogP contribution in [0.15, 0.2) is 43.0 Å². The summed E-state index contributed by atoms with van der Waals surface area (Å²) in [5.41, 5.74) is 1.57. The van der Waals surface area contributed by atoms with Gasteiger partial charge in [-0.15, -0.1) is 0 Å². The van der Waals surface area contributed by atoms with Gasteiger partial charge >= 0.3 is 5.97 Å². The largest absolute Gasteiger partial charge is 0.478 e. The van der Waals surface area contributed by atoms with Crippen molar-refractivity contribution < 1.29 is 14.7 Å². The van der Waals surface area contributed by atoms with Crippen LogP contribution in [0.4, 0.5) is 5.69 Å². The molecular formula is C17H15Cl2N5O3. The summed E-state index contributed by atoms with van der Waals surface area (Å²) in [5.74, 6) is -1.28. The lowest BCUT2D eigenvalue weighted by Crippen LogP contribution is -2.14. The number of hydrogen-bond donors (Lipinski definition) is 2. The Morgan fingerprint density at radius 3 is 2.56 bits per heavy atom. The Balaban J connectivity index is 1.52. The number of carbonyl (C=O) groups is 2. The van der Waals surface area contributed by atoms with E-state index >= 15 is 0 Å². The first-order valence-corrected chi connectivity index (χ1v) is 8.68. The second-order valence-corrected chi connectivity index (χ2v) is 6.58. The SMILES string of the molecule is O=C(CCn1cc(C(=O)O)cn1)Nc1cnn(Cc2ccc(Cl)c(Cl)c2)c1. The molecule has 27 heavy (non-hydrogen) atoms. The van der Waals surface area contributed by atoms with Gasteiger partial charge in [0.1, 0.15) is 0 Å². The zero-order chi connectivity index (χ0) is 19.4. The van der Waals surface area contributed by atoms with Crippen LogP contribution in [0.3, 0.4) is 0 Å². The Labute approximate surface area is 164 Å². The standard InChI is InChI=1S/C17H15Cl2N5O3/c18-14-2-1-11(5-15(14)19)8-24-10-13(7-21-24)22-16(25)3-4-23-9-12(6-20-23)17(26)27/h1-2,5-7,9-10H,3-4,8H2,(H,22,25)(H,26,27). The molecule has 0 aliphatic carbocycles. The van der Waals surface area contributed by atoms with E-state index in [0.717, 1.165) is 5.56 Å². The molecule has 0 aliphatic heterocycles. The van der Waals surface area contributed by atoms with Crippen LogP contribution in [0.25, 0.3) is 0 Å². The smallest absolute Gasteiger partial charge is 0.338 e. The third kappa shape index (κ3) is 5.08. The minimum Gasteiger partial charge on any atom is -0.478 e. The van der Waals surface area contributed by atoms with Crippen molar-refractivity contribution in [3.8, 4) is 0 Å². The summed E-state index contributed by atoms with van der Waals surface area (Å²) in [4.78, 5) is 22.8. The van der Waals surface area contributed by atoms with Gasteiger partial charge in [0.15, 0.2) is 0 Å². The molecule has 8 nitrogen and oxygen atoms in total. The molecule has 0 saturated heterocycles. The van der Waals surface area contributed by atoms with Gasteiger partial charge in [-0.05, 0) is 17.7 Å². The number of nitrogens with one attached hydrogen (secondary N) is 1. The monoisotopic (exact) mass is 407 g/mol. The highest BCUT2D eigenvalue weighted by molar-refractivity contribution is 6.42. The summed E-state index contributed by atoms with van der Waals surface area (Å²) in [7, 11) is 0. The second kappa shape index (κ2) is 8.24. The predicted octanol–water partition coefficient (Wildman–Crippen LogP) is 3.16. The number of aromatic carboxylic acids is 1. The molecule has 0 bridgehead atoms. The van der Waals surface area contributed by atoms with E-state index in [1.54, 1.807) is 29.2 Å². The molecule has 2 heterocycles. The fourth-order valence-corrected chi connectivity index (χ4v) is 2.70. The molecule has 0 fully saturated rings. The van der Waals surface area contributed by atoms with Crippen LogP contribution in [-0.4, -0.2) is 36.5 Å². The number of halogens is 2. The molecule has 10 heteroatoms. The van der Waals surface area contributed by atoms with Crippen LogP contribution in [0.1, 0.15) is 22.3 Å². The number of amides is 1. The van der Waals surface area contributed by atoms with Crippen molar-refractivity contribution in [1.29, 1.82) is 0 Å². The maximum Gasteiger partial charge on any atom is 0.338 e. The summed E-state index contributed by atoms with van der Waals surface area (Å²) in [6, 6.07) is 5.33. The zero-order valence-electron chi connectivity index (χ0n) is 14.0. The van der Waals surface area contributed by atoms with Gasteiger partial charge in [-0.3, -0.25) is 14.2 Å². The second-order valence-electron chi connectivity index (χ2n) is 5.77. The highest BCUT2D eigenvalue weighted by Crippen LogP contribution is 2.23. The summed E-state index contributed by atoms with van der Waals surface area (Å²) in [6.07, 6.45) is 6.03. The molecule has 3 aromatic rings. The summed E-state index contributed by atoms with van der Waals surface area (Å²) in [6.45, 7) is 0.758. The molecule has 0 atom stereocenters. The van der Waals surface area contributed by atoms with E-state index in [4.69, 9.17) is 28.3 Å². The van der Waals surface area contributed by atoms with E-state index in [-0.39, 0.29) is 24.4 Å². The molecule has 1 aromatic carbocycles. The maximum atomic E-state index is 12.0. The molecule has 0 spiro atoms. The van der Waals surface area contributed by atoms with Crippen molar-refractivity contribution in [2.75, 3.05) is 5.32 Å². The number of nitrogens with zero attached hydrogens (tertiary/aromatic N) is 4. The van der Waals surface area contributed by atoms with Gasteiger partial charge in [0.05, 0.1) is 40.2 Å². The van der Waals surface area contributed by atoms with E-state index in [2.05, 4.69) is 15.5 Å². The summed E-state index contributed by atoms with van der Waals surface area (Å²) >= 11 is 11.9. The minimum atomic E-state index is -1.06. The third-order valence-electron chi connectivity index (χ3n) is 3.69. The number of anilines is 1. The summed E-state index contributed by atoms with van der Waals surface area (Å²) < 4.78 is 3.08. The van der Waals surface area contributed by atoms with Crippen LogP contribution >= 0.6 is 23.2 Å².